The quantitative estimate of drug-likeness (QED) is 0.652. The van der Waals surface area contributed by atoms with E-state index in [0.29, 0.717) is 0 Å². The molecule has 1 rings (SSSR count). The molecule has 0 spiro atoms. The van der Waals surface area contributed by atoms with E-state index >= 15 is 0 Å². The molecule has 1 saturated heterocycles. The molecule has 1 atom stereocenters. The van der Waals surface area contributed by atoms with Crippen molar-refractivity contribution in [2.45, 2.75) is 25.8 Å². The Bertz CT molecular complexity index is 230. The number of amides is 1. The molecule has 0 aromatic rings. The van der Waals surface area contributed by atoms with Crippen molar-refractivity contribution in [1.82, 2.24) is 10.2 Å². The Morgan fingerprint density at radius 2 is 2.29 bits per heavy atom. The summed E-state index contributed by atoms with van der Waals surface area (Å²) < 4.78 is 0. The van der Waals surface area contributed by atoms with Crippen molar-refractivity contribution in [3.63, 3.8) is 0 Å². The number of carbonyl (C=O) groups excluding carboxylic acids is 1. The first-order valence-corrected chi connectivity index (χ1v) is 4.88. The minimum atomic E-state index is -1.00. The van der Waals surface area contributed by atoms with Crippen LogP contribution >= 0.6 is 0 Å². The van der Waals surface area contributed by atoms with Gasteiger partial charge in [0.2, 0.25) is 5.91 Å². The van der Waals surface area contributed by atoms with Gasteiger partial charge in [-0.15, -0.1) is 0 Å². The van der Waals surface area contributed by atoms with Crippen molar-refractivity contribution in [1.29, 1.82) is 0 Å². The number of likely N-dealkylation sites (tertiary alicyclic amines) is 1. The minimum absolute atomic E-state index is 0.126. The first-order chi connectivity index (χ1) is 6.65. The molecule has 1 fully saturated rings. The summed E-state index contributed by atoms with van der Waals surface area (Å²) in [5.41, 5.74) is 0. The summed E-state index contributed by atoms with van der Waals surface area (Å²) in [7, 11) is 0. The molecule has 5 heteroatoms. The van der Waals surface area contributed by atoms with Crippen LogP contribution in [-0.4, -0.2) is 47.6 Å². The van der Waals surface area contributed by atoms with E-state index in [2.05, 4.69) is 10.2 Å². The third-order valence-corrected chi connectivity index (χ3v) is 2.49. The van der Waals surface area contributed by atoms with Crippen LogP contribution in [0.4, 0.5) is 0 Å². The number of likely N-dealkylation sites (N-methyl/N-ethyl adjacent to an activating group) is 1. The highest BCUT2D eigenvalue weighted by atomic mass is 16.4. The van der Waals surface area contributed by atoms with Crippen LogP contribution in [0, 0.1) is 0 Å². The Morgan fingerprint density at radius 3 is 2.86 bits per heavy atom. The number of carbonyl (C=O) groups is 2. The van der Waals surface area contributed by atoms with Crippen LogP contribution in [0.1, 0.15) is 19.8 Å². The largest absolute Gasteiger partial charge is 0.480 e. The third kappa shape index (κ3) is 2.70. The molecule has 1 aliphatic rings. The van der Waals surface area contributed by atoms with Gasteiger partial charge in [0.25, 0.3) is 0 Å². The van der Waals surface area contributed by atoms with E-state index in [0.717, 1.165) is 25.9 Å². The first-order valence-electron chi connectivity index (χ1n) is 4.88. The maximum absolute atomic E-state index is 11.5. The Balaban J connectivity index is 2.39. The minimum Gasteiger partial charge on any atom is -0.480 e. The lowest BCUT2D eigenvalue weighted by Crippen LogP contribution is -2.44. The fourth-order valence-electron chi connectivity index (χ4n) is 1.78. The molecule has 14 heavy (non-hydrogen) atoms. The number of nitrogens with zero attached hydrogens (tertiary/aromatic N) is 1. The molecule has 0 aliphatic carbocycles. The highest BCUT2D eigenvalue weighted by molar-refractivity contribution is 5.85. The highest BCUT2D eigenvalue weighted by Gasteiger charge is 2.29. The highest BCUT2D eigenvalue weighted by Crippen LogP contribution is 2.16. The first kappa shape index (κ1) is 11.0. The molecular weight excluding hydrogens is 184 g/mol. The van der Waals surface area contributed by atoms with E-state index in [-0.39, 0.29) is 18.5 Å². The van der Waals surface area contributed by atoms with E-state index in [4.69, 9.17) is 5.11 Å². The molecule has 0 bridgehead atoms. The van der Waals surface area contributed by atoms with Crippen LogP contribution in [0.15, 0.2) is 0 Å². The molecule has 1 amide bonds. The molecular formula is C9H16N2O3. The van der Waals surface area contributed by atoms with Crippen molar-refractivity contribution in [2.75, 3.05) is 19.6 Å². The lowest BCUT2D eigenvalue weighted by molar-refractivity contribution is -0.138. The standard InChI is InChI=1S/C9H16N2O3/c1-2-11-5-3-4-7(11)9(14)10-6-8(12)13/h7H,2-6H2,1H3,(H,10,14)(H,12,13)/t7-/m0/s1. The second-order valence-electron chi connectivity index (χ2n) is 3.40. The molecule has 2 N–H and O–H groups in total. The number of nitrogens with one attached hydrogen (secondary N) is 1. The topological polar surface area (TPSA) is 69.6 Å². The van der Waals surface area contributed by atoms with Crippen molar-refractivity contribution in [2.24, 2.45) is 0 Å². The van der Waals surface area contributed by atoms with E-state index < -0.39 is 5.97 Å². The Morgan fingerprint density at radius 1 is 1.57 bits per heavy atom. The zero-order valence-corrected chi connectivity index (χ0v) is 8.32. The second kappa shape index (κ2) is 4.95. The number of aliphatic carboxylic acids is 1. The van der Waals surface area contributed by atoms with Gasteiger partial charge in [-0.1, -0.05) is 6.92 Å². The summed E-state index contributed by atoms with van der Waals surface area (Å²) in [4.78, 5) is 23.8. The van der Waals surface area contributed by atoms with Gasteiger partial charge in [-0.2, -0.15) is 0 Å². The van der Waals surface area contributed by atoms with E-state index in [1.165, 1.54) is 0 Å². The fraction of sp³-hybridized carbons (Fsp3) is 0.778. The van der Waals surface area contributed by atoms with Crippen LogP contribution in [0.2, 0.25) is 0 Å². The predicted octanol–water partition coefficient (Wildman–Crippen LogP) is -0.328. The second-order valence-corrected chi connectivity index (χ2v) is 3.40. The van der Waals surface area contributed by atoms with E-state index in [1.54, 1.807) is 0 Å². The van der Waals surface area contributed by atoms with Gasteiger partial charge in [0, 0.05) is 0 Å². The lowest BCUT2D eigenvalue weighted by Gasteiger charge is -2.21. The van der Waals surface area contributed by atoms with Crippen molar-refractivity contribution >= 4 is 11.9 Å². The summed E-state index contributed by atoms with van der Waals surface area (Å²) in [6.07, 6.45) is 1.85. The summed E-state index contributed by atoms with van der Waals surface area (Å²) in [6, 6.07) is -0.126. The van der Waals surface area contributed by atoms with E-state index in [1.807, 2.05) is 6.92 Å². The zero-order valence-electron chi connectivity index (χ0n) is 8.32. The van der Waals surface area contributed by atoms with Gasteiger partial charge in [-0.05, 0) is 25.9 Å². The van der Waals surface area contributed by atoms with Crippen LogP contribution in [0.3, 0.4) is 0 Å². The molecule has 1 heterocycles. The molecule has 0 aromatic carbocycles. The number of hydrogen-bond donors (Lipinski definition) is 2. The third-order valence-electron chi connectivity index (χ3n) is 2.49. The monoisotopic (exact) mass is 200 g/mol. The number of hydrogen-bond acceptors (Lipinski definition) is 3. The van der Waals surface area contributed by atoms with E-state index in [9.17, 15) is 9.59 Å². The number of carboxylic acids is 1. The van der Waals surface area contributed by atoms with Gasteiger partial charge >= 0.3 is 5.97 Å². The fourth-order valence-corrected chi connectivity index (χ4v) is 1.78. The van der Waals surface area contributed by atoms with Gasteiger partial charge in [-0.25, -0.2) is 0 Å². The Labute approximate surface area is 83.1 Å². The summed E-state index contributed by atoms with van der Waals surface area (Å²) in [5.74, 6) is -1.16. The van der Waals surface area contributed by atoms with Crippen LogP contribution in [-0.2, 0) is 9.59 Å². The van der Waals surface area contributed by atoms with Gasteiger partial charge in [0.05, 0.1) is 6.04 Å². The average Bonchev–Trinajstić information content (AvgIpc) is 2.61. The average molecular weight is 200 g/mol. The molecule has 80 valence electrons. The molecule has 0 saturated carbocycles. The van der Waals surface area contributed by atoms with Crippen LogP contribution < -0.4 is 5.32 Å². The molecule has 0 radical (unpaired) electrons. The van der Waals surface area contributed by atoms with Crippen molar-refractivity contribution < 1.29 is 14.7 Å². The molecule has 0 unspecified atom stereocenters. The number of carboxylic acid groups (broad SMARTS) is 1. The predicted molar refractivity (Wildman–Crippen MR) is 50.9 cm³/mol. The van der Waals surface area contributed by atoms with Gasteiger partial charge in [0.1, 0.15) is 6.54 Å². The van der Waals surface area contributed by atoms with Crippen LogP contribution in [0.25, 0.3) is 0 Å². The maximum atomic E-state index is 11.5. The van der Waals surface area contributed by atoms with Crippen molar-refractivity contribution in [3.8, 4) is 0 Å². The summed E-state index contributed by atoms with van der Waals surface area (Å²) in [5, 5.41) is 10.8. The smallest absolute Gasteiger partial charge is 0.322 e. The summed E-state index contributed by atoms with van der Waals surface area (Å²) in [6.45, 7) is 3.49. The zero-order chi connectivity index (χ0) is 10.6. The SMILES string of the molecule is CCN1CCC[C@H]1C(=O)NCC(=O)O. The summed E-state index contributed by atoms with van der Waals surface area (Å²) >= 11 is 0. The van der Waals surface area contributed by atoms with Gasteiger partial charge in [-0.3, -0.25) is 14.5 Å². The Hall–Kier alpha value is -1.10. The molecule has 1 aliphatic heterocycles. The normalized spacial score (nSPS) is 22.2. The van der Waals surface area contributed by atoms with Gasteiger partial charge < -0.3 is 10.4 Å². The Kier molecular flexibility index (Phi) is 3.88. The number of rotatable bonds is 4. The maximum Gasteiger partial charge on any atom is 0.322 e. The lowest BCUT2D eigenvalue weighted by atomic mass is 10.2. The van der Waals surface area contributed by atoms with Gasteiger partial charge in [0.15, 0.2) is 0 Å². The van der Waals surface area contributed by atoms with Crippen molar-refractivity contribution in [3.05, 3.63) is 0 Å². The molecule has 0 aromatic heterocycles. The molecule has 5 nitrogen and oxygen atoms in total. The van der Waals surface area contributed by atoms with Crippen LogP contribution in [0.5, 0.6) is 0 Å².